The minimum Gasteiger partial charge on any atom is -0.485 e. The molecule has 3 aromatic rings. The van der Waals surface area contributed by atoms with Crippen molar-refractivity contribution in [2.45, 2.75) is 12.8 Å². The Morgan fingerprint density at radius 2 is 2.14 bits per heavy atom. The van der Waals surface area contributed by atoms with E-state index >= 15 is 0 Å². The van der Waals surface area contributed by atoms with Gasteiger partial charge in [0.1, 0.15) is 35.9 Å². The van der Waals surface area contributed by atoms with Crippen LogP contribution in [-0.4, -0.2) is 53.7 Å². The minimum absolute atomic E-state index is 0.0796. The quantitative estimate of drug-likeness (QED) is 0.700. The maximum Gasteiger partial charge on any atom is 0.265 e. The number of rotatable bonds is 4. The Bertz CT molecular complexity index is 993. The summed E-state index contributed by atoms with van der Waals surface area (Å²) < 4.78 is 11.1. The summed E-state index contributed by atoms with van der Waals surface area (Å²) in [6.45, 7) is 3.53. The maximum absolute atomic E-state index is 12.6. The summed E-state index contributed by atoms with van der Waals surface area (Å²) >= 11 is 1.37. The number of carbonyl (C=O) groups is 1. The highest BCUT2D eigenvalue weighted by molar-refractivity contribution is 7.12. The SMILES string of the molecule is O=C(NCC1CCN(c2ncnc3[nH]ccc23)CC1)c1scc2c1OCCO2. The van der Waals surface area contributed by atoms with Gasteiger partial charge in [-0.1, -0.05) is 0 Å². The van der Waals surface area contributed by atoms with Gasteiger partial charge >= 0.3 is 0 Å². The zero-order valence-electron chi connectivity index (χ0n) is 15.3. The second-order valence-electron chi connectivity index (χ2n) is 7.03. The van der Waals surface area contributed by atoms with Crippen LogP contribution < -0.4 is 19.7 Å². The van der Waals surface area contributed by atoms with Crippen LogP contribution in [0.15, 0.2) is 24.0 Å². The summed E-state index contributed by atoms with van der Waals surface area (Å²) in [5.74, 6) is 2.62. The molecule has 0 unspecified atom stereocenters. The number of H-pyrrole nitrogens is 1. The van der Waals surface area contributed by atoms with Gasteiger partial charge in [-0.25, -0.2) is 9.97 Å². The fourth-order valence-corrected chi connectivity index (χ4v) is 4.64. The molecule has 1 fully saturated rings. The van der Waals surface area contributed by atoms with Gasteiger partial charge in [-0.15, -0.1) is 11.3 Å². The van der Waals surface area contributed by atoms with E-state index in [1.54, 1.807) is 6.33 Å². The van der Waals surface area contributed by atoms with Crippen molar-refractivity contribution in [3.05, 3.63) is 28.8 Å². The number of carbonyl (C=O) groups excluding carboxylic acids is 1. The average Bonchev–Trinajstić information content (AvgIpc) is 3.39. The number of hydrogen-bond acceptors (Lipinski definition) is 7. The van der Waals surface area contributed by atoms with E-state index in [4.69, 9.17) is 9.47 Å². The number of ether oxygens (including phenoxy) is 2. The standard InChI is InChI=1S/C19H21N5O3S/c25-19(16-15-14(10-28-16)26-7-8-27-15)21-9-12-2-5-24(6-3-12)18-13-1-4-20-17(13)22-11-23-18/h1,4,10-12H,2-3,5-9H2,(H,21,25)(H,20,22,23). The minimum atomic E-state index is -0.0796. The monoisotopic (exact) mass is 399 g/mol. The van der Waals surface area contributed by atoms with Gasteiger partial charge in [0.25, 0.3) is 5.91 Å². The van der Waals surface area contributed by atoms with Crippen molar-refractivity contribution in [1.82, 2.24) is 20.3 Å². The highest BCUT2D eigenvalue weighted by Gasteiger charge is 2.26. The summed E-state index contributed by atoms with van der Waals surface area (Å²) in [6.07, 6.45) is 5.52. The summed E-state index contributed by atoms with van der Waals surface area (Å²) in [7, 11) is 0. The van der Waals surface area contributed by atoms with Crippen molar-refractivity contribution >= 4 is 34.1 Å². The molecule has 0 atom stereocenters. The number of piperidine rings is 1. The molecule has 2 aliphatic rings. The van der Waals surface area contributed by atoms with Gasteiger partial charge in [-0.2, -0.15) is 0 Å². The Hall–Kier alpha value is -2.81. The molecular formula is C19H21N5O3S. The number of nitrogens with one attached hydrogen (secondary N) is 2. The van der Waals surface area contributed by atoms with Crippen molar-refractivity contribution in [1.29, 1.82) is 0 Å². The Kier molecular flexibility index (Phi) is 4.52. The molecule has 5 heterocycles. The molecule has 0 aromatic carbocycles. The van der Waals surface area contributed by atoms with E-state index in [0.717, 1.165) is 42.8 Å². The lowest BCUT2D eigenvalue weighted by Crippen LogP contribution is -2.39. The van der Waals surface area contributed by atoms with Crippen LogP contribution in [0.25, 0.3) is 11.0 Å². The zero-order valence-corrected chi connectivity index (χ0v) is 16.1. The molecule has 28 heavy (non-hydrogen) atoms. The molecule has 0 aliphatic carbocycles. The number of hydrogen-bond donors (Lipinski definition) is 2. The summed E-state index contributed by atoms with van der Waals surface area (Å²) in [5.41, 5.74) is 0.866. The first-order valence-electron chi connectivity index (χ1n) is 9.48. The molecule has 146 valence electrons. The number of thiophene rings is 1. The molecule has 0 bridgehead atoms. The van der Waals surface area contributed by atoms with E-state index in [0.29, 0.717) is 42.1 Å². The van der Waals surface area contributed by atoms with Crippen molar-refractivity contribution in [3.8, 4) is 11.5 Å². The van der Waals surface area contributed by atoms with E-state index in [9.17, 15) is 4.79 Å². The third-order valence-corrected chi connectivity index (χ3v) is 6.24. The summed E-state index contributed by atoms with van der Waals surface area (Å²) in [4.78, 5) is 27.3. The van der Waals surface area contributed by atoms with Gasteiger partial charge in [0.2, 0.25) is 0 Å². The van der Waals surface area contributed by atoms with E-state index in [-0.39, 0.29) is 5.91 Å². The fourth-order valence-electron chi connectivity index (χ4n) is 3.80. The van der Waals surface area contributed by atoms with Crippen LogP contribution in [0.5, 0.6) is 11.5 Å². The molecule has 8 nitrogen and oxygen atoms in total. The molecule has 0 spiro atoms. The molecule has 0 radical (unpaired) electrons. The van der Waals surface area contributed by atoms with E-state index < -0.39 is 0 Å². The van der Waals surface area contributed by atoms with Crippen molar-refractivity contribution in [3.63, 3.8) is 0 Å². The Morgan fingerprint density at radius 3 is 3.04 bits per heavy atom. The normalized spacial score (nSPS) is 17.1. The number of anilines is 1. The predicted molar refractivity (Wildman–Crippen MR) is 106 cm³/mol. The third-order valence-electron chi connectivity index (χ3n) is 5.31. The van der Waals surface area contributed by atoms with Gasteiger partial charge in [0.05, 0.1) is 5.39 Å². The lowest BCUT2D eigenvalue weighted by atomic mass is 9.96. The van der Waals surface area contributed by atoms with Gasteiger partial charge in [0.15, 0.2) is 11.5 Å². The first kappa shape index (κ1) is 17.3. The smallest absolute Gasteiger partial charge is 0.265 e. The van der Waals surface area contributed by atoms with Crippen molar-refractivity contribution in [2.24, 2.45) is 5.92 Å². The second kappa shape index (κ2) is 7.31. The highest BCUT2D eigenvalue weighted by atomic mass is 32.1. The highest BCUT2D eigenvalue weighted by Crippen LogP contribution is 2.39. The van der Waals surface area contributed by atoms with Crippen LogP contribution in [0.2, 0.25) is 0 Å². The molecule has 1 saturated heterocycles. The number of aromatic nitrogens is 3. The zero-order chi connectivity index (χ0) is 18.9. The average molecular weight is 399 g/mol. The van der Waals surface area contributed by atoms with Gasteiger partial charge in [-0.3, -0.25) is 4.79 Å². The molecule has 9 heteroatoms. The topological polar surface area (TPSA) is 92.4 Å². The van der Waals surface area contributed by atoms with Crippen LogP contribution in [0, 0.1) is 5.92 Å². The molecule has 2 aliphatic heterocycles. The van der Waals surface area contributed by atoms with Crippen LogP contribution in [0.3, 0.4) is 0 Å². The molecule has 3 aromatic heterocycles. The van der Waals surface area contributed by atoms with Gasteiger partial charge < -0.3 is 24.7 Å². The van der Waals surface area contributed by atoms with Crippen LogP contribution >= 0.6 is 11.3 Å². The Morgan fingerprint density at radius 1 is 1.29 bits per heavy atom. The second-order valence-corrected chi connectivity index (χ2v) is 7.91. The van der Waals surface area contributed by atoms with Gasteiger partial charge in [-0.05, 0) is 24.8 Å². The first-order valence-corrected chi connectivity index (χ1v) is 10.4. The lowest BCUT2D eigenvalue weighted by Gasteiger charge is -2.33. The van der Waals surface area contributed by atoms with E-state index in [2.05, 4.69) is 25.2 Å². The van der Waals surface area contributed by atoms with Crippen LogP contribution in [-0.2, 0) is 0 Å². The molecule has 2 N–H and O–H groups in total. The van der Waals surface area contributed by atoms with Crippen molar-refractivity contribution in [2.75, 3.05) is 37.7 Å². The third kappa shape index (κ3) is 3.15. The molecule has 1 amide bonds. The summed E-state index contributed by atoms with van der Waals surface area (Å²) in [5, 5.41) is 5.97. The van der Waals surface area contributed by atoms with E-state index in [1.165, 1.54) is 11.3 Å². The van der Waals surface area contributed by atoms with Crippen molar-refractivity contribution < 1.29 is 14.3 Å². The number of nitrogens with zero attached hydrogens (tertiary/aromatic N) is 3. The summed E-state index contributed by atoms with van der Waals surface area (Å²) in [6, 6.07) is 2.02. The van der Waals surface area contributed by atoms with Crippen LogP contribution in [0.4, 0.5) is 5.82 Å². The van der Waals surface area contributed by atoms with Gasteiger partial charge in [0, 0.05) is 31.2 Å². The van der Waals surface area contributed by atoms with Crippen LogP contribution in [0.1, 0.15) is 22.5 Å². The molecular weight excluding hydrogens is 378 g/mol. The number of aromatic amines is 1. The number of fused-ring (bicyclic) bond motifs is 2. The maximum atomic E-state index is 12.6. The Balaban J connectivity index is 1.17. The Labute approximate surface area is 165 Å². The molecule has 5 rings (SSSR count). The number of amides is 1. The lowest BCUT2D eigenvalue weighted by molar-refractivity contribution is 0.0940. The largest absolute Gasteiger partial charge is 0.485 e. The molecule has 0 saturated carbocycles. The first-order chi connectivity index (χ1) is 13.8. The fraction of sp³-hybridized carbons (Fsp3) is 0.421. The predicted octanol–water partition coefficient (Wildman–Crippen LogP) is 2.44. The van der Waals surface area contributed by atoms with E-state index in [1.807, 2.05) is 17.6 Å².